The van der Waals surface area contributed by atoms with Gasteiger partial charge in [-0.25, -0.2) is 0 Å². The van der Waals surface area contributed by atoms with Crippen molar-refractivity contribution >= 4 is 22.1 Å². The largest absolute Gasteiger partial charge is 1.00 e. The summed E-state index contributed by atoms with van der Waals surface area (Å²) < 4.78 is 28.7. The molecule has 0 aromatic heterocycles. The predicted octanol–water partition coefficient (Wildman–Crippen LogP) is 2.66. The van der Waals surface area contributed by atoms with Gasteiger partial charge in [0, 0.05) is 0 Å². The molecule has 0 rings (SSSR count). The molecule has 0 amide bonds. The summed E-state index contributed by atoms with van der Waals surface area (Å²) in [6.45, 7) is 6.15. The van der Waals surface area contributed by atoms with Gasteiger partial charge in [0.25, 0.3) is 10.1 Å². The van der Waals surface area contributed by atoms with Crippen LogP contribution in [0.15, 0.2) is 12.2 Å². The quantitative estimate of drug-likeness (QED) is 0.0919. The number of hydrogen-bond acceptors (Lipinski definition) is 4. The maximum atomic E-state index is 10.2. The molecule has 0 heterocycles. The first-order valence-corrected chi connectivity index (χ1v) is 12.5. The SMILES string of the molecule is O=C(O)CC(C(=O)O)S(=O)(=O)O.[CH2-]CCCCCCCC=CCCCCCCCC.[Na+]. The van der Waals surface area contributed by atoms with E-state index in [9.17, 15) is 18.0 Å². The van der Waals surface area contributed by atoms with Crippen LogP contribution in [-0.4, -0.2) is 40.4 Å². The first kappa shape index (κ1) is 35.2. The van der Waals surface area contributed by atoms with Gasteiger partial charge in [-0.3, -0.25) is 14.1 Å². The smallest absolute Gasteiger partial charge is 0.481 e. The molecule has 0 saturated heterocycles. The van der Waals surface area contributed by atoms with Crippen molar-refractivity contribution in [2.45, 2.75) is 108 Å². The molecule has 7 nitrogen and oxygen atoms in total. The number of hydrogen-bond donors (Lipinski definition) is 3. The summed E-state index contributed by atoms with van der Waals surface area (Å²) in [6, 6.07) is 0. The Kier molecular flexibility index (Phi) is 27.5. The summed E-state index contributed by atoms with van der Waals surface area (Å²) in [6.07, 6.45) is 22.7. The van der Waals surface area contributed by atoms with Gasteiger partial charge in [-0.2, -0.15) is 14.8 Å². The molecule has 1 unspecified atom stereocenters. The van der Waals surface area contributed by atoms with Crippen LogP contribution in [0.5, 0.6) is 0 Å². The molecule has 1 atom stereocenters. The van der Waals surface area contributed by atoms with Crippen LogP contribution < -0.4 is 29.6 Å². The second kappa shape index (κ2) is 24.2. The summed E-state index contributed by atoms with van der Waals surface area (Å²) in [5, 5.41) is 13.9. The van der Waals surface area contributed by atoms with Gasteiger partial charge in [0.2, 0.25) is 0 Å². The molecule has 0 aromatic carbocycles. The molecule has 0 aliphatic carbocycles. The Balaban J connectivity index is -0.000000528. The number of carboxylic acids is 2. The minimum Gasteiger partial charge on any atom is -0.481 e. The molecule has 0 aliphatic rings. The van der Waals surface area contributed by atoms with Crippen molar-refractivity contribution in [2.75, 3.05) is 0 Å². The summed E-state index contributed by atoms with van der Waals surface area (Å²) in [7, 11) is -4.84. The van der Waals surface area contributed by atoms with Crippen LogP contribution in [0, 0.1) is 6.92 Å². The van der Waals surface area contributed by atoms with E-state index < -0.39 is 33.7 Å². The van der Waals surface area contributed by atoms with Crippen molar-refractivity contribution in [3.05, 3.63) is 19.1 Å². The fourth-order valence-corrected chi connectivity index (χ4v) is 3.33. The zero-order chi connectivity index (χ0) is 23.3. The summed E-state index contributed by atoms with van der Waals surface area (Å²) >= 11 is 0. The molecule has 0 aromatic rings. The van der Waals surface area contributed by atoms with Crippen molar-refractivity contribution < 1.29 is 62.3 Å². The van der Waals surface area contributed by atoms with Crippen molar-refractivity contribution in [2.24, 2.45) is 0 Å². The summed E-state index contributed by atoms with van der Waals surface area (Å²) in [5.74, 6) is -3.50. The van der Waals surface area contributed by atoms with Crippen molar-refractivity contribution in [3.63, 3.8) is 0 Å². The Morgan fingerprint density at radius 3 is 1.58 bits per heavy atom. The second-order valence-electron chi connectivity index (χ2n) is 7.38. The van der Waals surface area contributed by atoms with E-state index in [-0.39, 0.29) is 29.6 Å². The average Bonchev–Trinajstić information content (AvgIpc) is 2.66. The van der Waals surface area contributed by atoms with Gasteiger partial charge in [0.1, 0.15) is 0 Å². The number of carboxylic acid groups (broad SMARTS) is 2. The maximum Gasteiger partial charge on any atom is 1.00 e. The monoisotopic (exact) mass is 472 g/mol. The molecule has 31 heavy (non-hydrogen) atoms. The molecule has 0 spiro atoms. The molecule has 0 bridgehead atoms. The van der Waals surface area contributed by atoms with E-state index in [1.807, 2.05) is 0 Å². The van der Waals surface area contributed by atoms with Crippen LogP contribution in [-0.2, 0) is 19.7 Å². The van der Waals surface area contributed by atoms with Gasteiger partial charge in [-0.05, 0) is 25.7 Å². The van der Waals surface area contributed by atoms with Gasteiger partial charge in [-0.15, -0.1) is 0 Å². The third-order valence-electron chi connectivity index (χ3n) is 4.51. The molecule has 0 radical (unpaired) electrons. The standard InChI is InChI=1S/C18H35.C4H6O7S.Na/c1-3-5-7-9-11-13-15-17-18-16-14-12-10-8-6-4-2;5-3(6)1-2(4(7)8)12(9,10)11;/h17-18H,1,3-16H2,2H3;2H,1H2,(H,5,6)(H,7,8)(H,9,10,11);/q-1;;+1. The van der Waals surface area contributed by atoms with E-state index in [1.54, 1.807) is 0 Å². The average molecular weight is 473 g/mol. The molecule has 0 saturated carbocycles. The second-order valence-corrected chi connectivity index (χ2v) is 8.98. The zero-order valence-electron chi connectivity index (χ0n) is 19.4. The fourth-order valence-electron chi connectivity index (χ4n) is 2.73. The van der Waals surface area contributed by atoms with Crippen molar-refractivity contribution in [1.82, 2.24) is 0 Å². The van der Waals surface area contributed by atoms with Crippen molar-refractivity contribution in [1.29, 1.82) is 0 Å². The van der Waals surface area contributed by atoms with E-state index in [2.05, 4.69) is 26.0 Å². The van der Waals surface area contributed by atoms with E-state index in [1.165, 1.54) is 83.5 Å². The number of unbranched alkanes of at least 4 members (excludes halogenated alkanes) is 12. The Morgan fingerprint density at radius 1 is 0.839 bits per heavy atom. The van der Waals surface area contributed by atoms with Crippen LogP contribution in [0.2, 0.25) is 0 Å². The first-order valence-electron chi connectivity index (χ1n) is 11.0. The van der Waals surface area contributed by atoms with Crippen LogP contribution >= 0.6 is 0 Å². The number of rotatable bonds is 18. The predicted molar refractivity (Wildman–Crippen MR) is 120 cm³/mol. The Bertz CT molecular complexity index is 544. The number of carbonyl (C=O) groups is 2. The van der Waals surface area contributed by atoms with Crippen LogP contribution in [0.25, 0.3) is 0 Å². The molecular weight excluding hydrogens is 431 g/mol. The van der Waals surface area contributed by atoms with Gasteiger partial charge < -0.3 is 17.1 Å². The number of allylic oxidation sites excluding steroid dienone is 2. The van der Waals surface area contributed by atoms with Crippen LogP contribution in [0.3, 0.4) is 0 Å². The zero-order valence-corrected chi connectivity index (χ0v) is 22.2. The normalized spacial score (nSPS) is 12.0. The Morgan fingerprint density at radius 2 is 1.26 bits per heavy atom. The minimum absolute atomic E-state index is 0. The van der Waals surface area contributed by atoms with E-state index in [0.717, 1.165) is 6.42 Å². The Labute approximate surface area is 211 Å². The van der Waals surface area contributed by atoms with E-state index in [0.29, 0.717) is 0 Å². The summed E-state index contributed by atoms with van der Waals surface area (Å²) in [5.41, 5.74) is 0. The molecular formula is C22H41NaO7S. The van der Waals surface area contributed by atoms with Gasteiger partial charge >= 0.3 is 41.5 Å². The van der Waals surface area contributed by atoms with Crippen LogP contribution in [0.4, 0.5) is 0 Å². The molecule has 0 fully saturated rings. The first-order chi connectivity index (χ1) is 14.2. The van der Waals surface area contributed by atoms with Gasteiger partial charge in [0.15, 0.2) is 5.25 Å². The van der Waals surface area contributed by atoms with Crippen LogP contribution in [0.1, 0.15) is 103 Å². The van der Waals surface area contributed by atoms with E-state index in [4.69, 9.17) is 14.8 Å². The minimum atomic E-state index is -4.84. The third kappa shape index (κ3) is 27.6. The molecule has 178 valence electrons. The van der Waals surface area contributed by atoms with Gasteiger partial charge in [0.05, 0.1) is 6.42 Å². The summed E-state index contributed by atoms with van der Waals surface area (Å²) in [4.78, 5) is 20.0. The molecule has 3 N–H and O–H groups in total. The number of aliphatic carboxylic acids is 2. The van der Waals surface area contributed by atoms with Gasteiger partial charge in [-0.1, -0.05) is 76.9 Å². The molecule has 0 aliphatic heterocycles. The Hall–Kier alpha value is -0.410. The fraction of sp³-hybridized carbons (Fsp3) is 0.773. The maximum absolute atomic E-state index is 10.2. The van der Waals surface area contributed by atoms with E-state index >= 15 is 0 Å². The third-order valence-corrected chi connectivity index (χ3v) is 5.59. The topological polar surface area (TPSA) is 129 Å². The molecule has 9 heteroatoms. The van der Waals surface area contributed by atoms with Crippen molar-refractivity contribution in [3.8, 4) is 0 Å².